The van der Waals surface area contributed by atoms with E-state index in [2.05, 4.69) is 13.2 Å². The second-order valence-electron chi connectivity index (χ2n) is 14.3. The molecule has 0 saturated carbocycles. The first-order valence-corrected chi connectivity index (χ1v) is 19.3. The summed E-state index contributed by atoms with van der Waals surface area (Å²) in [5, 5.41) is 0. The lowest BCUT2D eigenvalue weighted by Crippen LogP contribution is -2.32. The van der Waals surface area contributed by atoms with E-state index in [1.807, 2.05) is 109 Å². The van der Waals surface area contributed by atoms with Crippen LogP contribution in [0, 0.1) is 0 Å². The van der Waals surface area contributed by atoms with Gasteiger partial charge in [0.15, 0.2) is 23.0 Å². The molecule has 6 aromatic carbocycles. The molecule has 1 aliphatic carbocycles. The van der Waals surface area contributed by atoms with E-state index in [4.69, 9.17) is 37.9 Å². The fourth-order valence-electron chi connectivity index (χ4n) is 8.36. The molecule has 0 unspecified atom stereocenters. The van der Waals surface area contributed by atoms with Crippen LogP contribution >= 0.6 is 0 Å². The smallest absolute Gasteiger partial charge is 0.338 e. The van der Waals surface area contributed by atoms with Gasteiger partial charge in [0.1, 0.15) is 11.5 Å². The fraction of sp³-hybridized carbons (Fsp3) is 0.176. The number of benzene rings is 6. The van der Waals surface area contributed by atoms with Crippen molar-refractivity contribution in [1.82, 2.24) is 0 Å². The van der Waals surface area contributed by atoms with E-state index in [1.165, 1.54) is 28.4 Å². The summed E-state index contributed by atoms with van der Waals surface area (Å²) in [6, 6.07) is 34.8. The molecule has 6 aromatic rings. The first kappa shape index (κ1) is 41.7. The van der Waals surface area contributed by atoms with Crippen LogP contribution in [-0.4, -0.2) is 54.6 Å². The zero-order chi connectivity index (χ0) is 43.6. The first-order chi connectivity index (χ1) is 29.5. The molecule has 0 N–H and O–H groups in total. The lowest BCUT2D eigenvalue weighted by molar-refractivity contribution is -0.131. The summed E-state index contributed by atoms with van der Waals surface area (Å²) in [4.78, 5) is 27.1. The molecule has 0 amide bonds. The van der Waals surface area contributed by atoms with Crippen molar-refractivity contribution in [2.24, 2.45) is 0 Å². The molecule has 0 aromatic heterocycles. The summed E-state index contributed by atoms with van der Waals surface area (Å²) in [5.41, 5.74) is 5.16. The molecule has 0 atom stereocenters. The Kier molecular flexibility index (Phi) is 11.6. The van der Waals surface area contributed by atoms with Crippen LogP contribution in [-0.2, 0) is 15.0 Å². The van der Waals surface area contributed by atoms with Crippen molar-refractivity contribution in [1.29, 1.82) is 0 Å². The van der Waals surface area contributed by atoms with Crippen LogP contribution < -0.4 is 37.9 Å². The van der Waals surface area contributed by atoms with Gasteiger partial charge >= 0.3 is 11.9 Å². The predicted octanol–water partition coefficient (Wildman–Crippen LogP) is 10.4. The number of carbonyl (C=O) groups is 2. The average molecular weight is 819 g/mol. The van der Waals surface area contributed by atoms with Crippen LogP contribution in [0.1, 0.15) is 36.1 Å². The summed E-state index contributed by atoms with van der Waals surface area (Å²) >= 11 is 0. The van der Waals surface area contributed by atoms with Gasteiger partial charge in [-0.25, -0.2) is 9.59 Å². The molecular weight excluding hydrogens is 773 g/mol. The van der Waals surface area contributed by atoms with Gasteiger partial charge in [0.2, 0.25) is 11.5 Å². The van der Waals surface area contributed by atoms with Gasteiger partial charge in [-0.2, -0.15) is 0 Å². The summed E-state index contributed by atoms with van der Waals surface area (Å²) < 4.78 is 51.1. The van der Waals surface area contributed by atoms with Gasteiger partial charge in [-0.1, -0.05) is 122 Å². The van der Waals surface area contributed by atoms with Gasteiger partial charge in [-0.15, -0.1) is 0 Å². The molecule has 0 saturated heterocycles. The molecule has 61 heavy (non-hydrogen) atoms. The molecule has 0 fully saturated rings. The Balaban J connectivity index is 1.84. The minimum absolute atomic E-state index is 0.0532. The number of hydrogen-bond acceptors (Lipinski definition) is 10. The lowest BCUT2D eigenvalue weighted by atomic mass is 9.65. The van der Waals surface area contributed by atoms with E-state index in [0.29, 0.717) is 33.4 Å². The quantitative estimate of drug-likeness (QED) is 0.0598. The highest BCUT2D eigenvalue weighted by atomic mass is 16.6. The Morgan fingerprint density at radius 1 is 0.410 bits per heavy atom. The van der Waals surface area contributed by atoms with E-state index in [1.54, 1.807) is 28.1 Å². The number of carbonyl (C=O) groups excluding carboxylic acids is 2. The molecule has 0 aliphatic heterocycles. The molecule has 0 bridgehead atoms. The lowest BCUT2D eigenvalue weighted by Gasteiger charge is -2.39. The maximum absolute atomic E-state index is 13.5. The minimum Gasteiger partial charge on any atom is -0.495 e. The van der Waals surface area contributed by atoms with Crippen molar-refractivity contribution in [2.45, 2.75) is 19.3 Å². The minimum atomic E-state index is -1.50. The van der Waals surface area contributed by atoms with Crippen molar-refractivity contribution >= 4 is 11.9 Å². The Morgan fingerprint density at radius 3 is 1.03 bits per heavy atom. The van der Waals surface area contributed by atoms with Gasteiger partial charge in [0.25, 0.3) is 0 Å². The van der Waals surface area contributed by atoms with Crippen molar-refractivity contribution in [3.8, 4) is 79.4 Å². The Bertz CT molecular complexity index is 2510. The molecule has 1 aliphatic rings. The third-order valence-electron chi connectivity index (χ3n) is 10.8. The average Bonchev–Trinajstić information content (AvgIpc) is 3.58. The Morgan fingerprint density at radius 2 is 0.721 bits per heavy atom. The Labute approximate surface area is 355 Å². The van der Waals surface area contributed by atoms with E-state index >= 15 is 0 Å². The number of hydrogen-bond donors (Lipinski definition) is 0. The van der Waals surface area contributed by atoms with E-state index in [0.717, 1.165) is 22.3 Å². The topological polar surface area (TPSA) is 108 Å². The van der Waals surface area contributed by atoms with Gasteiger partial charge in [0.05, 0.1) is 70.3 Å². The standard InChI is InChI=1S/C51H46O10/c1-29(2)49(52)60-43-37(31-21-13-11-14-22-31)41(54-5)39(45(56-7)47(43)58-9)51(35-27-19-17-25-33(35)34-26-18-20-28-36(34)51)40-42(55-6)38(32-23-15-12-16-24-32)44(61-50(53)30(3)4)48(59-10)46(40)57-8/h11-28H,1,3H2,2,4-10H3. The first-order valence-electron chi connectivity index (χ1n) is 19.3. The highest BCUT2D eigenvalue weighted by Gasteiger charge is 2.56. The molecule has 310 valence electrons. The maximum atomic E-state index is 13.5. The third kappa shape index (κ3) is 6.61. The molecular formula is C51H46O10. The van der Waals surface area contributed by atoms with E-state index in [9.17, 15) is 9.59 Å². The molecule has 0 spiro atoms. The molecule has 0 heterocycles. The number of rotatable bonds is 14. The molecule has 0 radical (unpaired) electrons. The van der Waals surface area contributed by atoms with Crippen molar-refractivity contribution < 1.29 is 47.5 Å². The van der Waals surface area contributed by atoms with Crippen LogP contribution in [0.15, 0.2) is 133 Å². The van der Waals surface area contributed by atoms with Gasteiger partial charge < -0.3 is 37.9 Å². The summed E-state index contributed by atoms with van der Waals surface area (Å²) in [6.07, 6.45) is 0. The highest BCUT2D eigenvalue weighted by Crippen LogP contribution is 2.69. The highest BCUT2D eigenvalue weighted by molar-refractivity contribution is 5.99. The van der Waals surface area contributed by atoms with Crippen LogP contribution in [0.5, 0.6) is 46.0 Å². The monoisotopic (exact) mass is 818 g/mol. The van der Waals surface area contributed by atoms with Gasteiger partial charge in [-0.3, -0.25) is 0 Å². The van der Waals surface area contributed by atoms with Crippen LogP contribution in [0.3, 0.4) is 0 Å². The second-order valence-corrected chi connectivity index (χ2v) is 14.3. The van der Waals surface area contributed by atoms with Crippen molar-refractivity contribution in [2.75, 3.05) is 42.7 Å². The van der Waals surface area contributed by atoms with E-state index in [-0.39, 0.29) is 57.1 Å². The number of fused-ring (bicyclic) bond motifs is 3. The second kappa shape index (κ2) is 17.0. The maximum Gasteiger partial charge on any atom is 0.338 e. The van der Waals surface area contributed by atoms with Crippen LogP contribution in [0.2, 0.25) is 0 Å². The number of esters is 2. The fourth-order valence-corrected chi connectivity index (χ4v) is 8.36. The van der Waals surface area contributed by atoms with E-state index < -0.39 is 17.4 Å². The molecule has 10 nitrogen and oxygen atoms in total. The SMILES string of the molecule is C=C(C)C(=O)Oc1c(OC)c(OC)c(C2(c3c(OC)c(OC)c(OC(=O)C(=C)C)c(-c4ccccc4)c3OC)c3ccccc3-c3ccccc32)c(OC)c1-c1ccccc1. The largest absolute Gasteiger partial charge is 0.495 e. The zero-order valence-electron chi connectivity index (χ0n) is 35.4. The van der Waals surface area contributed by atoms with Gasteiger partial charge in [0, 0.05) is 11.1 Å². The zero-order valence-corrected chi connectivity index (χ0v) is 35.4. The van der Waals surface area contributed by atoms with Crippen LogP contribution in [0.4, 0.5) is 0 Å². The van der Waals surface area contributed by atoms with Crippen LogP contribution in [0.25, 0.3) is 33.4 Å². The van der Waals surface area contributed by atoms with Crippen molar-refractivity contribution in [3.63, 3.8) is 0 Å². The van der Waals surface area contributed by atoms with Gasteiger partial charge in [-0.05, 0) is 47.2 Å². The number of ether oxygens (including phenoxy) is 8. The summed E-state index contributed by atoms with van der Waals surface area (Å²) in [6.45, 7) is 10.8. The molecule has 10 heteroatoms. The third-order valence-corrected chi connectivity index (χ3v) is 10.8. The molecule has 7 rings (SSSR count). The van der Waals surface area contributed by atoms with Crippen molar-refractivity contribution in [3.05, 3.63) is 156 Å². The summed E-state index contributed by atoms with van der Waals surface area (Å²) in [7, 11) is 9.08. The number of methoxy groups -OCH3 is 6. The normalized spacial score (nSPS) is 12.0. The Hall–Kier alpha value is -7.46. The summed E-state index contributed by atoms with van der Waals surface area (Å²) in [5.74, 6) is -0.132. The predicted molar refractivity (Wildman–Crippen MR) is 235 cm³/mol.